The Labute approximate surface area is 122 Å². The standard InChI is InChI=1S/C14H12BrF3N2/c1-7-4-9(16)2-3-10(7)14(20-19)13-11(17)5-8(15)6-12(13)18/h2-6,14,20H,19H2,1H3. The van der Waals surface area contributed by atoms with Gasteiger partial charge in [0.05, 0.1) is 6.04 Å². The summed E-state index contributed by atoms with van der Waals surface area (Å²) in [5.74, 6) is 3.55. The highest BCUT2D eigenvalue weighted by Crippen LogP contribution is 2.30. The summed E-state index contributed by atoms with van der Waals surface area (Å²) in [5.41, 5.74) is 3.23. The quantitative estimate of drug-likeness (QED) is 0.657. The molecule has 0 spiro atoms. The number of nitrogens with one attached hydrogen (secondary N) is 1. The van der Waals surface area contributed by atoms with Crippen molar-refractivity contribution in [2.45, 2.75) is 13.0 Å². The molecule has 0 aliphatic carbocycles. The molecule has 2 aromatic rings. The van der Waals surface area contributed by atoms with Gasteiger partial charge in [-0.05, 0) is 42.3 Å². The van der Waals surface area contributed by atoms with E-state index in [0.29, 0.717) is 15.6 Å². The first-order chi connectivity index (χ1) is 9.43. The smallest absolute Gasteiger partial charge is 0.132 e. The van der Waals surface area contributed by atoms with Crippen molar-refractivity contribution in [2.24, 2.45) is 5.84 Å². The molecule has 0 saturated carbocycles. The van der Waals surface area contributed by atoms with Crippen LogP contribution in [-0.4, -0.2) is 0 Å². The number of nitrogens with two attached hydrogens (primary N) is 1. The normalized spacial score (nSPS) is 12.5. The Balaban J connectivity index is 2.58. The van der Waals surface area contributed by atoms with E-state index in [1.165, 1.54) is 18.2 Å². The fourth-order valence-electron chi connectivity index (χ4n) is 2.12. The van der Waals surface area contributed by atoms with Crippen molar-refractivity contribution in [1.82, 2.24) is 5.43 Å². The molecule has 20 heavy (non-hydrogen) atoms. The average molecular weight is 345 g/mol. The van der Waals surface area contributed by atoms with E-state index in [-0.39, 0.29) is 5.56 Å². The fraction of sp³-hybridized carbons (Fsp3) is 0.143. The summed E-state index contributed by atoms with van der Waals surface area (Å²) >= 11 is 3.02. The second-order valence-electron chi connectivity index (χ2n) is 4.38. The number of aryl methyl sites for hydroxylation is 1. The van der Waals surface area contributed by atoms with Gasteiger partial charge in [-0.25, -0.2) is 18.6 Å². The van der Waals surface area contributed by atoms with Crippen LogP contribution in [-0.2, 0) is 0 Å². The Bertz CT molecular complexity index is 623. The van der Waals surface area contributed by atoms with Crippen molar-refractivity contribution in [3.05, 3.63) is 68.9 Å². The van der Waals surface area contributed by atoms with Crippen LogP contribution in [0.4, 0.5) is 13.2 Å². The third-order valence-electron chi connectivity index (χ3n) is 3.04. The molecule has 2 aromatic carbocycles. The molecule has 2 nitrogen and oxygen atoms in total. The lowest BCUT2D eigenvalue weighted by Gasteiger charge is -2.20. The number of hydrogen-bond donors (Lipinski definition) is 2. The lowest BCUT2D eigenvalue weighted by Crippen LogP contribution is -2.31. The Morgan fingerprint density at radius 2 is 1.70 bits per heavy atom. The van der Waals surface area contributed by atoms with Crippen LogP contribution in [0.2, 0.25) is 0 Å². The third-order valence-corrected chi connectivity index (χ3v) is 3.50. The summed E-state index contributed by atoms with van der Waals surface area (Å²) in [5, 5.41) is 0. The summed E-state index contributed by atoms with van der Waals surface area (Å²) in [6.45, 7) is 1.65. The molecule has 0 radical (unpaired) electrons. The fourth-order valence-corrected chi connectivity index (χ4v) is 2.52. The van der Waals surface area contributed by atoms with Crippen LogP contribution >= 0.6 is 15.9 Å². The first kappa shape index (κ1) is 15.0. The first-order valence-corrected chi connectivity index (χ1v) is 6.60. The van der Waals surface area contributed by atoms with Gasteiger partial charge in [-0.3, -0.25) is 5.84 Å². The number of rotatable bonds is 3. The highest BCUT2D eigenvalue weighted by Gasteiger charge is 2.23. The van der Waals surface area contributed by atoms with Crippen molar-refractivity contribution < 1.29 is 13.2 Å². The van der Waals surface area contributed by atoms with Gasteiger partial charge >= 0.3 is 0 Å². The van der Waals surface area contributed by atoms with E-state index < -0.39 is 23.5 Å². The summed E-state index contributed by atoms with van der Waals surface area (Å²) in [4.78, 5) is 0. The van der Waals surface area contributed by atoms with E-state index in [2.05, 4.69) is 21.4 Å². The number of halogens is 4. The second kappa shape index (κ2) is 5.95. The maximum Gasteiger partial charge on any atom is 0.132 e. The van der Waals surface area contributed by atoms with Crippen LogP contribution in [0.5, 0.6) is 0 Å². The maximum atomic E-state index is 14.0. The molecular formula is C14H12BrF3N2. The van der Waals surface area contributed by atoms with E-state index in [1.54, 1.807) is 6.92 Å². The SMILES string of the molecule is Cc1cc(F)ccc1C(NN)c1c(F)cc(Br)cc1F. The molecule has 1 unspecified atom stereocenters. The third kappa shape index (κ3) is 2.87. The molecule has 1 atom stereocenters. The zero-order chi connectivity index (χ0) is 14.9. The molecule has 0 fully saturated rings. The van der Waals surface area contributed by atoms with Gasteiger partial charge in [0.1, 0.15) is 17.5 Å². The highest BCUT2D eigenvalue weighted by molar-refractivity contribution is 9.10. The molecule has 0 saturated heterocycles. The molecule has 106 valence electrons. The van der Waals surface area contributed by atoms with Crippen LogP contribution in [0.1, 0.15) is 22.7 Å². The number of hydrogen-bond acceptors (Lipinski definition) is 2. The minimum atomic E-state index is -0.899. The van der Waals surface area contributed by atoms with Crippen LogP contribution in [0, 0.1) is 24.4 Å². The average Bonchev–Trinajstić information content (AvgIpc) is 2.34. The Kier molecular flexibility index (Phi) is 4.47. The van der Waals surface area contributed by atoms with E-state index in [4.69, 9.17) is 5.84 Å². The maximum absolute atomic E-state index is 14.0. The lowest BCUT2D eigenvalue weighted by molar-refractivity contribution is 0.508. The lowest BCUT2D eigenvalue weighted by atomic mass is 9.94. The van der Waals surface area contributed by atoms with Gasteiger partial charge in [-0.2, -0.15) is 0 Å². The molecule has 0 amide bonds. The predicted molar refractivity (Wildman–Crippen MR) is 74.4 cm³/mol. The topological polar surface area (TPSA) is 38.0 Å². The predicted octanol–water partition coefficient (Wildman–Crippen LogP) is 3.73. The summed E-state index contributed by atoms with van der Waals surface area (Å²) in [6.07, 6.45) is 0. The van der Waals surface area contributed by atoms with Crippen molar-refractivity contribution in [3.63, 3.8) is 0 Å². The first-order valence-electron chi connectivity index (χ1n) is 5.80. The van der Waals surface area contributed by atoms with Crippen LogP contribution < -0.4 is 11.3 Å². The largest absolute Gasteiger partial charge is 0.271 e. The molecule has 0 aliphatic rings. The summed E-state index contributed by atoms with van der Waals surface area (Å²) < 4.78 is 41.4. The number of benzene rings is 2. The molecular weight excluding hydrogens is 333 g/mol. The van der Waals surface area contributed by atoms with E-state index >= 15 is 0 Å². The summed E-state index contributed by atoms with van der Waals surface area (Å²) in [7, 11) is 0. The van der Waals surface area contributed by atoms with Crippen molar-refractivity contribution in [1.29, 1.82) is 0 Å². The van der Waals surface area contributed by atoms with Gasteiger partial charge < -0.3 is 0 Å². The van der Waals surface area contributed by atoms with Gasteiger partial charge in [-0.1, -0.05) is 22.0 Å². The Morgan fingerprint density at radius 3 is 2.20 bits per heavy atom. The highest BCUT2D eigenvalue weighted by atomic mass is 79.9. The molecule has 2 rings (SSSR count). The molecule has 0 aromatic heterocycles. The van der Waals surface area contributed by atoms with Gasteiger partial charge in [0, 0.05) is 10.0 Å². The van der Waals surface area contributed by atoms with Gasteiger partial charge in [0.15, 0.2) is 0 Å². The van der Waals surface area contributed by atoms with E-state index in [0.717, 1.165) is 12.1 Å². The Morgan fingerprint density at radius 1 is 1.10 bits per heavy atom. The molecule has 0 bridgehead atoms. The van der Waals surface area contributed by atoms with E-state index in [1.807, 2.05) is 0 Å². The van der Waals surface area contributed by atoms with E-state index in [9.17, 15) is 13.2 Å². The van der Waals surface area contributed by atoms with Gasteiger partial charge in [0.25, 0.3) is 0 Å². The van der Waals surface area contributed by atoms with Crippen molar-refractivity contribution in [3.8, 4) is 0 Å². The Hall–Kier alpha value is -1.37. The van der Waals surface area contributed by atoms with Crippen LogP contribution in [0.3, 0.4) is 0 Å². The zero-order valence-electron chi connectivity index (χ0n) is 10.6. The summed E-state index contributed by atoms with van der Waals surface area (Å²) in [6, 6.07) is 5.37. The molecule has 6 heteroatoms. The van der Waals surface area contributed by atoms with Gasteiger partial charge in [0.2, 0.25) is 0 Å². The van der Waals surface area contributed by atoms with Gasteiger partial charge in [-0.15, -0.1) is 0 Å². The molecule has 0 heterocycles. The minimum absolute atomic E-state index is 0.203. The van der Waals surface area contributed by atoms with Crippen molar-refractivity contribution in [2.75, 3.05) is 0 Å². The molecule has 3 N–H and O–H groups in total. The minimum Gasteiger partial charge on any atom is -0.271 e. The van der Waals surface area contributed by atoms with Crippen LogP contribution in [0.25, 0.3) is 0 Å². The zero-order valence-corrected chi connectivity index (χ0v) is 12.1. The van der Waals surface area contributed by atoms with Crippen LogP contribution in [0.15, 0.2) is 34.8 Å². The monoisotopic (exact) mass is 344 g/mol. The molecule has 0 aliphatic heterocycles. The van der Waals surface area contributed by atoms with Crippen molar-refractivity contribution >= 4 is 15.9 Å². The second-order valence-corrected chi connectivity index (χ2v) is 5.30. The number of hydrazine groups is 1.